The average Bonchev–Trinajstić information content (AvgIpc) is 3.23. The van der Waals surface area contributed by atoms with Crippen LogP contribution in [0.3, 0.4) is 0 Å². The van der Waals surface area contributed by atoms with Crippen LogP contribution >= 0.6 is 0 Å². The fraction of sp³-hybridized carbons (Fsp3) is 0.500. The van der Waals surface area contributed by atoms with E-state index in [2.05, 4.69) is 66.0 Å². The maximum Gasteiger partial charge on any atom is 0.0518 e. The van der Waals surface area contributed by atoms with Gasteiger partial charge >= 0.3 is 0 Å². The largest absolute Gasteiger partial charge is 0.366 e. The van der Waals surface area contributed by atoms with Gasteiger partial charge in [-0.25, -0.2) is 0 Å². The Morgan fingerprint density at radius 1 is 1.16 bits per heavy atom. The molecule has 2 fully saturated rings. The minimum Gasteiger partial charge on any atom is -0.366 e. The predicted octanol–water partition coefficient (Wildman–Crippen LogP) is 3.55. The summed E-state index contributed by atoms with van der Waals surface area (Å²) in [5.41, 5.74) is 6.95. The molecule has 3 aliphatic rings. The monoisotopic (exact) mass is 333 g/mol. The SMILES string of the molecule is Cc1ccc2c(c1)[C@H]1[C@H]3C[C@@H]([C@H]1N2CCc1ccc(C)nc1)N(C)C3. The minimum absolute atomic E-state index is 0.666. The second-order valence-corrected chi connectivity index (χ2v) is 8.33. The number of hydrogen-bond donors (Lipinski definition) is 0. The smallest absolute Gasteiger partial charge is 0.0518 e. The summed E-state index contributed by atoms with van der Waals surface area (Å²) in [4.78, 5) is 9.79. The van der Waals surface area contributed by atoms with E-state index < -0.39 is 0 Å². The normalized spacial score (nSPS) is 30.0. The molecule has 2 aliphatic heterocycles. The molecule has 0 amide bonds. The lowest BCUT2D eigenvalue weighted by Gasteiger charge is -2.38. The molecule has 1 aromatic carbocycles. The van der Waals surface area contributed by atoms with E-state index in [1.54, 1.807) is 5.56 Å². The number of hydrogen-bond acceptors (Lipinski definition) is 3. The number of likely N-dealkylation sites (tertiary alicyclic amines) is 1. The predicted molar refractivity (Wildman–Crippen MR) is 102 cm³/mol. The van der Waals surface area contributed by atoms with Gasteiger partial charge in [-0.2, -0.15) is 0 Å². The van der Waals surface area contributed by atoms with Crippen molar-refractivity contribution in [1.29, 1.82) is 0 Å². The van der Waals surface area contributed by atoms with Crippen LogP contribution in [0.15, 0.2) is 36.5 Å². The van der Waals surface area contributed by atoms with Crippen LogP contribution in [0.4, 0.5) is 5.69 Å². The third kappa shape index (κ3) is 2.32. The Labute approximate surface area is 150 Å². The number of aryl methyl sites for hydroxylation is 2. The minimum atomic E-state index is 0.666. The Balaban J connectivity index is 1.46. The Bertz CT molecular complexity index is 797. The second-order valence-electron chi connectivity index (χ2n) is 8.33. The molecule has 3 heteroatoms. The molecule has 1 saturated carbocycles. The fourth-order valence-electron chi connectivity index (χ4n) is 5.62. The third-order valence-corrected chi connectivity index (χ3v) is 6.73. The Morgan fingerprint density at radius 2 is 2.04 bits per heavy atom. The molecule has 25 heavy (non-hydrogen) atoms. The zero-order chi connectivity index (χ0) is 17.1. The van der Waals surface area contributed by atoms with Crippen LogP contribution < -0.4 is 4.90 Å². The van der Waals surface area contributed by atoms with Crippen LogP contribution in [0, 0.1) is 19.8 Å². The van der Waals surface area contributed by atoms with E-state index in [0.29, 0.717) is 6.04 Å². The van der Waals surface area contributed by atoms with Gasteiger partial charge in [-0.1, -0.05) is 23.8 Å². The van der Waals surface area contributed by atoms with E-state index >= 15 is 0 Å². The van der Waals surface area contributed by atoms with Crippen LogP contribution in [-0.2, 0) is 6.42 Å². The molecule has 0 spiro atoms. The summed E-state index contributed by atoms with van der Waals surface area (Å²) in [6, 6.07) is 12.9. The van der Waals surface area contributed by atoms with Crippen LogP contribution in [-0.4, -0.2) is 42.1 Å². The molecule has 4 atom stereocenters. The molecule has 2 bridgehead atoms. The van der Waals surface area contributed by atoms with Gasteiger partial charge in [0.15, 0.2) is 0 Å². The van der Waals surface area contributed by atoms with E-state index in [9.17, 15) is 0 Å². The standard InChI is InChI=1S/C22H27N3/c1-14-4-7-19-18(10-14)21-17-11-20(24(3)13-17)22(21)25(19)9-8-16-6-5-15(2)23-12-16/h4-7,10,12,17,20-22H,8-9,11,13H2,1-3H3/t17-,20-,21+,22+/m0/s1. The molecule has 0 unspecified atom stereocenters. The van der Waals surface area contributed by atoms with Gasteiger partial charge in [0.1, 0.15) is 0 Å². The van der Waals surface area contributed by atoms with E-state index in [-0.39, 0.29) is 0 Å². The number of fused-ring (bicyclic) bond motifs is 7. The van der Waals surface area contributed by atoms with Gasteiger partial charge < -0.3 is 9.80 Å². The number of rotatable bonds is 3. The Morgan fingerprint density at radius 3 is 2.84 bits per heavy atom. The van der Waals surface area contributed by atoms with Gasteiger partial charge in [-0.3, -0.25) is 4.98 Å². The lowest BCUT2D eigenvalue weighted by atomic mass is 9.86. The van der Waals surface area contributed by atoms with Crippen molar-refractivity contribution in [2.75, 3.05) is 25.0 Å². The molecule has 1 saturated heterocycles. The van der Waals surface area contributed by atoms with Crippen molar-refractivity contribution in [3.8, 4) is 0 Å². The summed E-state index contributed by atoms with van der Waals surface area (Å²) in [5, 5.41) is 0. The molecule has 2 aromatic rings. The summed E-state index contributed by atoms with van der Waals surface area (Å²) < 4.78 is 0. The van der Waals surface area contributed by atoms with Gasteiger partial charge in [0.05, 0.1) is 6.04 Å². The van der Waals surface area contributed by atoms with Gasteiger partial charge in [-0.15, -0.1) is 0 Å². The highest BCUT2D eigenvalue weighted by Gasteiger charge is 2.56. The number of nitrogens with zero attached hydrogens (tertiary/aromatic N) is 3. The number of anilines is 1. The van der Waals surface area contributed by atoms with Gasteiger partial charge in [0.25, 0.3) is 0 Å². The zero-order valence-corrected chi connectivity index (χ0v) is 15.4. The molecule has 0 radical (unpaired) electrons. The van der Waals surface area contributed by atoms with Crippen LogP contribution in [0.5, 0.6) is 0 Å². The fourth-order valence-corrected chi connectivity index (χ4v) is 5.62. The molecule has 0 N–H and O–H groups in total. The highest BCUT2D eigenvalue weighted by molar-refractivity contribution is 5.65. The Kier molecular flexibility index (Phi) is 3.43. The van der Waals surface area contributed by atoms with Crippen LogP contribution in [0.1, 0.15) is 34.7 Å². The van der Waals surface area contributed by atoms with E-state index in [1.807, 2.05) is 6.20 Å². The number of likely N-dealkylation sites (N-methyl/N-ethyl adjacent to an activating group) is 1. The van der Waals surface area contributed by atoms with Crippen molar-refractivity contribution >= 4 is 5.69 Å². The van der Waals surface area contributed by atoms with Crippen LogP contribution in [0.25, 0.3) is 0 Å². The number of piperidine rings is 1. The first-order valence-corrected chi connectivity index (χ1v) is 9.61. The third-order valence-electron chi connectivity index (χ3n) is 6.73. The molecular formula is C22H27N3. The summed E-state index contributed by atoms with van der Waals surface area (Å²) in [7, 11) is 2.32. The Hall–Kier alpha value is -1.87. The van der Waals surface area contributed by atoms with Crippen LogP contribution in [0.2, 0.25) is 0 Å². The maximum atomic E-state index is 4.47. The van der Waals surface area contributed by atoms with Gasteiger partial charge in [0, 0.05) is 42.6 Å². The summed E-state index contributed by atoms with van der Waals surface area (Å²) in [6.07, 6.45) is 4.50. The van der Waals surface area contributed by atoms with Gasteiger partial charge in [-0.05, 0) is 62.9 Å². The highest BCUT2D eigenvalue weighted by Crippen LogP contribution is 2.56. The first-order chi connectivity index (χ1) is 12.1. The molecule has 5 rings (SSSR count). The van der Waals surface area contributed by atoms with Gasteiger partial charge in [0.2, 0.25) is 0 Å². The maximum absolute atomic E-state index is 4.47. The lowest BCUT2D eigenvalue weighted by molar-refractivity contribution is 0.217. The first-order valence-electron chi connectivity index (χ1n) is 9.61. The molecule has 130 valence electrons. The summed E-state index contributed by atoms with van der Waals surface area (Å²) in [6.45, 7) is 6.65. The molecule has 1 aliphatic carbocycles. The topological polar surface area (TPSA) is 19.4 Å². The molecular weight excluding hydrogens is 306 g/mol. The van der Waals surface area contributed by atoms with Crippen molar-refractivity contribution in [2.24, 2.45) is 5.92 Å². The van der Waals surface area contributed by atoms with Crippen molar-refractivity contribution in [3.63, 3.8) is 0 Å². The molecule has 3 heterocycles. The quantitative estimate of drug-likeness (QED) is 0.856. The van der Waals surface area contributed by atoms with Crippen molar-refractivity contribution in [2.45, 2.75) is 44.7 Å². The van der Waals surface area contributed by atoms with Crippen molar-refractivity contribution in [1.82, 2.24) is 9.88 Å². The van der Waals surface area contributed by atoms with Crippen molar-refractivity contribution < 1.29 is 0 Å². The average molecular weight is 333 g/mol. The summed E-state index contributed by atoms with van der Waals surface area (Å²) in [5.74, 6) is 1.58. The van der Waals surface area contributed by atoms with E-state index in [0.717, 1.165) is 36.5 Å². The summed E-state index contributed by atoms with van der Waals surface area (Å²) >= 11 is 0. The lowest BCUT2D eigenvalue weighted by Crippen LogP contribution is -2.49. The number of benzene rings is 1. The molecule has 3 nitrogen and oxygen atoms in total. The van der Waals surface area contributed by atoms with Crippen molar-refractivity contribution in [3.05, 3.63) is 58.9 Å². The highest BCUT2D eigenvalue weighted by atomic mass is 15.3. The van der Waals surface area contributed by atoms with E-state index in [1.165, 1.54) is 29.8 Å². The zero-order valence-electron chi connectivity index (χ0n) is 15.4. The molecule has 1 aromatic heterocycles. The first kappa shape index (κ1) is 15.4. The number of pyridine rings is 1. The number of aromatic nitrogens is 1. The second kappa shape index (κ2) is 5.57. The van der Waals surface area contributed by atoms with E-state index in [4.69, 9.17) is 0 Å².